The predicted octanol–water partition coefficient (Wildman–Crippen LogP) is 2.31. The summed E-state index contributed by atoms with van der Waals surface area (Å²) >= 11 is 1.19. The molecule has 0 fully saturated rings. The number of benzene rings is 1. The zero-order valence-electron chi connectivity index (χ0n) is 11.1. The van der Waals surface area contributed by atoms with Crippen LogP contribution in [0, 0.1) is 18.6 Å². The van der Waals surface area contributed by atoms with Crippen molar-refractivity contribution >= 4 is 21.4 Å². The van der Waals surface area contributed by atoms with Crippen LogP contribution < -0.4 is 4.72 Å². The Morgan fingerprint density at radius 1 is 1.24 bits per heavy atom. The van der Waals surface area contributed by atoms with Gasteiger partial charge in [-0.25, -0.2) is 21.9 Å². The Balaban J connectivity index is 2.17. The number of aliphatic hydroxyl groups excluding tert-OH is 1. The van der Waals surface area contributed by atoms with Gasteiger partial charge in [0.05, 0.1) is 11.5 Å². The second-order valence-corrected chi connectivity index (χ2v) is 7.44. The lowest BCUT2D eigenvalue weighted by Crippen LogP contribution is -2.23. The molecule has 8 heteroatoms. The molecule has 2 N–H and O–H groups in total. The molecule has 0 atom stereocenters. The summed E-state index contributed by atoms with van der Waals surface area (Å²) in [7, 11) is -3.77. The van der Waals surface area contributed by atoms with E-state index in [1.165, 1.54) is 23.5 Å². The fraction of sp³-hybridized carbons (Fsp3) is 0.231. The molecule has 0 amide bonds. The van der Waals surface area contributed by atoms with Crippen LogP contribution in [0.1, 0.15) is 15.3 Å². The molecule has 0 unspecified atom stereocenters. The highest BCUT2D eigenvalue weighted by Crippen LogP contribution is 2.25. The van der Waals surface area contributed by atoms with E-state index in [4.69, 9.17) is 5.11 Å². The number of thiophene rings is 1. The first kappa shape index (κ1) is 16.0. The van der Waals surface area contributed by atoms with E-state index >= 15 is 0 Å². The van der Waals surface area contributed by atoms with E-state index in [-0.39, 0.29) is 18.0 Å². The molecule has 0 aliphatic rings. The Morgan fingerprint density at radius 2 is 1.95 bits per heavy atom. The SMILES string of the molecule is Cc1sc(CO)cc1S(=O)(=O)NCc1ccc(F)c(F)c1. The largest absolute Gasteiger partial charge is 0.391 e. The Bertz CT molecular complexity index is 757. The zero-order chi connectivity index (χ0) is 15.6. The molecule has 0 bridgehead atoms. The highest BCUT2D eigenvalue weighted by atomic mass is 32.2. The van der Waals surface area contributed by atoms with Crippen LogP contribution in [0.15, 0.2) is 29.2 Å². The molecule has 0 aliphatic heterocycles. The van der Waals surface area contributed by atoms with Gasteiger partial charge in [-0.15, -0.1) is 11.3 Å². The van der Waals surface area contributed by atoms with Crippen molar-refractivity contribution in [3.63, 3.8) is 0 Å². The molecular weight excluding hydrogens is 320 g/mol. The fourth-order valence-corrected chi connectivity index (χ4v) is 4.29. The van der Waals surface area contributed by atoms with Gasteiger partial charge in [-0.3, -0.25) is 0 Å². The summed E-state index contributed by atoms with van der Waals surface area (Å²) in [6.45, 7) is 1.25. The van der Waals surface area contributed by atoms with Crippen molar-refractivity contribution in [1.82, 2.24) is 4.72 Å². The van der Waals surface area contributed by atoms with Crippen LogP contribution in [0.5, 0.6) is 0 Å². The maximum Gasteiger partial charge on any atom is 0.241 e. The summed E-state index contributed by atoms with van der Waals surface area (Å²) in [6, 6.07) is 4.59. The van der Waals surface area contributed by atoms with E-state index < -0.39 is 21.7 Å². The minimum atomic E-state index is -3.77. The number of nitrogens with one attached hydrogen (secondary N) is 1. The number of aliphatic hydroxyl groups is 1. The summed E-state index contributed by atoms with van der Waals surface area (Å²) in [4.78, 5) is 1.18. The van der Waals surface area contributed by atoms with Gasteiger partial charge < -0.3 is 5.11 Å². The molecule has 2 rings (SSSR count). The molecule has 0 aliphatic carbocycles. The van der Waals surface area contributed by atoms with Crippen molar-refractivity contribution in [3.05, 3.63) is 51.2 Å². The minimum Gasteiger partial charge on any atom is -0.391 e. The molecule has 0 spiro atoms. The van der Waals surface area contributed by atoms with Crippen molar-refractivity contribution in [2.75, 3.05) is 0 Å². The van der Waals surface area contributed by atoms with Gasteiger partial charge in [0, 0.05) is 16.3 Å². The predicted molar refractivity (Wildman–Crippen MR) is 75.4 cm³/mol. The molecular formula is C13H13F2NO3S2. The summed E-state index contributed by atoms with van der Waals surface area (Å²) in [5.41, 5.74) is 0.313. The number of rotatable bonds is 5. The van der Waals surface area contributed by atoms with Gasteiger partial charge in [0.1, 0.15) is 0 Å². The molecule has 1 heterocycles. The second kappa shape index (κ2) is 6.18. The van der Waals surface area contributed by atoms with E-state index in [2.05, 4.69) is 4.72 Å². The molecule has 21 heavy (non-hydrogen) atoms. The van der Waals surface area contributed by atoms with Crippen molar-refractivity contribution < 1.29 is 22.3 Å². The lowest BCUT2D eigenvalue weighted by Gasteiger charge is -2.06. The highest BCUT2D eigenvalue weighted by molar-refractivity contribution is 7.89. The molecule has 1 aromatic heterocycles. The van der Waals surface area contributed by atoms with Gasteiger partial charge in [-0.1, -0.05) is 6.07 Å². The van der Waals surface area contributed by atoms with Crippen molar-refractivity contribution in [3.8, 4) is 0 Å². The highest BCUT2D eigenvalue weighted by Gasteiger charge is 2.19. The Kier molecular flexibility index (Phi) is 4.72. The first-order chi connectivity index (χ1) is 9.83. The Hall–Kier alpha value is -1.35. The first-order valence-corrected chi connectivity index (χ1v) is 8.27. The zero-order valence-corrected chi connectivity index (χ0v) is 12.7. The van der Waals surface area contributed by atoms with Crippen LogP contribution in [-0.2, 0) is 23.2 Å². The maximum atomic E-state index is 13.1. The van der Waals surface area contributed by atoms with Gasteiger partial charge in [-0.05, 0) is 30.7 Å². The second-order valence-electron chi connectivity index (χ2n) is 4.36. The van der Waals surface area contributed by atoms with Gasteiger partial charge in [-0.2, -0.15) is 0 Å². The van der Waals surface area contributed by atoms with Crippen LogP contribution in [0.4, 0.5) is 8.78 Å². The molecule has 0 radical (unpaired) electrons. The van der Waals surface area contributed by atoms with Gasteiger partial charge >= 0.3 is 0 Å². The first-order valence-electron chi connectivity index (χ1n) is 5.97. The number of hydrogen-bond donors (Lipinski definition) is 2. The average molecular weight is 333 g/mol. The Labute approximate surface area is 125 Å². The molecule has 114 valence electrons. The van der Waals surface area contributed by atoms with Crippen LogP contribution in [0.25, 0.3) is 0 Å². The van der Waals surface area contributed by atoms with Gasteiger partial charge in [0.2, 0.25) is 10.0 Å². The molecule has 2 aromatic rings. The van der Waals surface area contributed by atoms with Crippen LogP contribution >= 0.6 is 11.3 Å². The van der Waals surface area contributed by atoms with Crippen molar-refractivity contribution in [2.24, 2.45) is 0 Å². The van der Waals surface area contributed by atoms with E-state index in [9.17, 15) is 17.2 Å². The van der Waals surface area contributed by atoms with E-state index in [0.717, 1.165) is 12.1 Å². The molecule has 0 saturated heterocycles. The Morgan fingerprint density at radius 3 is 2.52 bits per heavy atom. The van der Waals surface area contributed by atoms with E-state index in [1.807, 2.05) is 0 Å². The standard InChI is InChI=1S/C13H13F2NO3S2/c1-8-13(5-10(7-17)20-8)21(18,19)16-6-9-2-3-11(14)12(15)4-9/h2-5,16-17H,6-7H2,1H3. The van der Waals surface area contributed by atoms with Gasteiger partial charge in [0.15, 0.2) is 11.6 Å². The number of halogens is 2. The van der Waals surface area contributed by atoms with Crippen molar-refractivity contribution in [2.45, 2.75) is 25.0 Å². The molecule has 0 saturated carbocycles. The summed E-state index contributed by atoms with van der Waals surface area (Å²) in [5.74, 6) is -2.01. The minimum absolute atomic E-state index is 0.0825. The monoisotopic (exact) mass is 333 g/mol. The fourth-order valence-electron chi connectivity index (χ4n) is 1.77. The molecule has 4 nitrogen and oxygen atoms in total. The average Bonchev–Trinajstić information content (AvgIpc) is 2.82. The van der Waals surface area contributed by atoms with E-state index in [1.54, 1.807) is 6.92 Å². The summed E-state index contributed by atoms with van der Waals surface area (Å²) in [6.07, 6.45) is 0. The topological polar surface area (TPSA) is 66.4 Å². The summed E-state index contributed by atoms with van der Waals surface area (Å²) < 4.78 is 52.5. The van der Waals surface area contributed by atoms with Crippen LogP contribution in [0.3, 0.4) is 0 Å². The number of sulfonamides is 1. The number of aryl methyl sites for hydroxylation is 1. The van der Waals surface area contributed by atoms with Crippen molar-refractivity contribution in [1.29, 1.82) is 0 Å². The van der Waals surface area contributed by atoms with E-state index in [0.29, 0.717) is 15.3 Å². The lowest BCUT2D eigenvalue weighted by molar-refractivity contribution is 0.285. The van der Waals surface area contributed by atoms with Gasteiger partial charge in [0.25, 0.3) is 0 Å². The smallest absolute Gasteiger partial charge is 0.241 e. The third-order valence-electron chi connectivity index (χ3n) is 2.82. The third kappa shape index (κ3) is 3.65. The van der Waals surface area contributed by atoms with Crippen LogP contribution in [-0.4, -0.2) is 13.5 Å². The summed E-state index contributed by atoms with van der Waals surface area (Å²) in [5, 5.41) is 9.02. The quantitative estimate of drug-likeness (QED) is 0.882. The maximum absolute atomic E-state index is 13.1. The third-order valence-corrected chi connectivity index (χ3v) is 5.51. The van der Waals surface area contributed by atoms with Crippen LogP contribution in [0.2, 0.25) is 0 Å². The lowest BCUT2D eigenvalue weighted by atomic mass is 10.2. The molecule has 1 aromatic carbocycles. The normalized spacial score (nSPS) is 11.8. The number of hydrogen-bond acceptors (Lipinski definition) is 4.